The molecule has 0 saturated heterocycles. The number of nitrogens with zero attached hydrogens (tertiary/aromatic N) is 2. The molecular weight excluding hydrogens is 753 g/mol. The summed E-state index contributed by atoms with van der Waals surface area (Å²) < 4.78 is 11.7. The van der Waals surface area contributed by atoms with Gasteiger partial charge in [-0.3, -0.25) is 9.59 Å². The molecule has 2 unspecified atom stereocenters. The van der Waals surface area contributed by atoms with E-state index in [0.717, 1.165) is 43.9 Å². The Balaban J connectivity index is 4.28. The molecule has 0 bridgehead atoms. The predicted octanol–water partition coefficient (Wildman–Crippen LogP) is 13.0. The van der Waals surface area contributed by atoms with Gasteiger partial charge < -0.3 is 19.3 Å². The van der Waals surface area contributed by atoms with Crippen LogP contribution in [0.5, 0.6) is 0 Å². The molecule has 0 aliphatic heterocycles. The maximum absolute atomic E-state index is 12.8. The summed E-state index contributed by atoms with van der Waals surface area (Å²) in [4.78, 5) is 30.0. The fraction of sp³-hybridized carbons (Fsp3) is 0.949. The minimum absolute atomic E-state index is 0.0543. The Morgan fingerprint density at radius 2 is 0.882 bits per heavy atom. The van der Waals surface area contributed by atoms with Crippen LogP contribution in [0.25, 0.3) is 0 Å². The zero-order valence-electron chi connectivity index (χ0n) is 33.6. The third-order valence-corrected chi connectivity index (χ3v) is 17.5. The monoisotopic (exact) mass is 830 g/mol. The SMILES string of the molecule is CCCCCCCCCCSSSCC(CC)OC(=O)CCN(CCCN(C)C)CCC(=O)OC(CC)CSSSCCCCCCCCCC. The van der Waals surface area contributed by atoms with Gasteiger partial charge in [0.2, 0.25) is 0 Å². The Hall–Kier alpha value is 0.960. The van der Waals surface area contributed by atoms with Crippen LogP contribution < -0.4 is 0 Å². The molecule has 0 heterocycles. The normalized spacial score (nSPS) is 12.9. The van der Waals surface area contributed by atoms with Crippen molar-refractivity contribution >= 4 is 74.8 Å². The maximum atomic E-state index is 12.8. The Kier molecular flexibility index (Phi) is 41.4. The first-order chi connectivity index (χ1) is 24.9. The Bertz CT molecular complexity index is 717. The van der Waals surface area contributed by atoms with Crippen LogP contribution in [0.15, 0.2) is 0 Å². The van der Waals surface area contributed by atoms with E-state index in [1.807, 2.05) is 41.2 Å². The molecule has 0 aliphatic carbocycles. The van der Waals surface area contributed by atoms with Crippen molar-refractivity contribution < 1.29 is 19.1 Å². The number of carbonyl (C=O) groups is 2. The second-order valence-electron chi connectivity index (χ2n) is 13.8. The van der Waals surface area contributed by atoms with E-state index in [1.54, 1.807) is 21.6 Å². The van der Waals surface area contributed by atoms with E-state index in [0.29, 0.717) is 25.9 Å². The van der Waals surface area contributed by atoms with E-state index in [1.165, 1.54) is 114 Å². The molecule has 0 spiro atoms. The molecule has 2 atom stereocenters. The van der Waals surface area contributed by atoms with Gasteiger partial charge in [0.25, 0.3) is 0 Å². The van der Waals surface area contributed by atoms with E-state index >= 15 is 0 Å². The number of carbonyl (C=O) groups excluding carboxylic acids is 2. The summed E-state index contributed by atoms with van der Waals surface area (Å²) in [6.45, 7) is 11.7. The van der Waals surface area contributed by atoms with Gasteiger partial charge in [0.05, 0.1) is 12.8 Å². The molecule has 51 heavy (non-hydrogen) atoms. The molecule has 0 fully saturated rings. The molecule has 0 amide bonds. The molecular formula is C39H78N2O4S6. The number of rotatable bonds is 40. The lowest BCUT2D eigenvalue weighted by molar-refractivity contribution is -0.148. The summed E-state index contributed by atoms with van der Waals surface area (Å²) in [6, 6.07) is 0. The number of unbranched alkanes of at least 4 members (excludes halogenated alkanes) is 14. The first-order valence-corrected chi connectivity index (χ1v) is 28.1. The van der Waals surface area contributed by atoms with E-state index < -0.39 is 0 Å². The van der Waals surface area contributed by atoms with Gasteiger partial charge in [-0.05, 0) is 78.9 Å². The summed E-state index contributed by atoms with van der Waals surface area (Å²) >= 11 is 0. The average molecular weight is 831 g/mol. The molecule has 6 nitrogen and oxygen atoms in total. The molecule has 0 N–H and O–H groups in total. The summed E-state index contributed by atoms with van der Waals surface area (Å²) in [7, 11) is 15.3. The van der Waals surface area contributed by atoms with Gasteiger partial charge in [-0.2, -0.15) is 0 Å². The van der Waals surface area contributed by atoms with Gasteiger partial charge in [0.15, 0.2) is 0 Å². The van der Waals surface area contributed by atoms with Gasteiger partial charge in [0, 0.05) is 36.1 Å². The van der Waals surface area contributed by atoms with Crippen LogP contribution in [-0.4, -0.2) is 97.2 Å². The zero-order valence-corrected chi connectivity index (χ0v) is 38.5. The minimum Gasteiger partial charge on any atom is -0.461 e. The highest BCUT2D eigenvalue weighted by atomic mass is 33.5. The van der Waals surface area contributed by atoms with E-state index in [4.69, 9.17) is 9.47 Å². The second-order valence-corrected chi connectivity index (χ2v) is 22.6. The van der Waals surface area contributed by atoms with Crippen molar-refractivity contribution in [3.05, 3.63) is 0 Å². The number of ether oxygens (including phenoxy) is 2. The zero-order chi connectivity index (χ0) is 37.6. The van der Waals surface area contributed by atoms with E-state index in [-0.39, 0.29) is 24.1 Å². The first kappa shape index (κ1) is 52.0. The third kappa shape index (κ3) is 37.7. The van der Waals surface area contributed by atoms with Crippen LogP contribution >= 0.6 is 62.8 Å². The van der Waals surface area contributed by atoms with Crippen LogP contribution in [0.1, 0.15) is 163 Å². The number of hydrogen-bond donors (Lipinski definition) is 0. The summed E-state index contributed by atoms with van der Waals surface area (Å²) in [6.07, 6.45) is 24.9. The van der Waals surface area contributed by atoms with Crippen molar-refractivity contribution in [2.24, 2.45) is 0 Å². The standard InChI is InChI=1S/C39H78N2O4S6/c1-7-11-13-15-17-19-21-23-32-46-50-48-34-36(9-3)44-38(42)26-30-41(29-25-28-40(5)6)31-27-39(43)45-37(10-4)35-49-51-47-33-24-22-20-18-16-14-12-8-2/h36-37H,7-35H2,1-6H3. The van der Waals surface area contributed by atoms with Gasteiger partial charge in [-0.15, -0.1) is 0 Å². The van der Waals surface area contributed by atoms with Gasteiger partial charge in [0.1, 0.15) is 12.2 Å². The van der Waals surface area contributed by atoms with Crippen LogP contribution in [0.4, 0.5) is 0 Å². The molecule has 0 saturated carbocycles. The van der Waals surface area contributed by atoms with Crippen LogP contribution in [0.3, 0.4) is 0 Å². The van der Waals surface area contributed by atoms with E-state index in [2.05, 4.69) is 51.6 Å². The molecule has 0 aromatic carbocycles. The lowest BCUT2D eigenvalue weighted by Crippen LogP contribution is -2.33. The van der Waals surface area contributed by atoms with Crippen molar-refractivity contribution in [2.75, 3.05) is 63.3 Å². The highest BCUT2D eigenvalue weighted by Crippen LogP contribution is 2.37. The fourth-order valence-electron chi connectivity index (χ4n) is 5.34. The number of esters is 2. The Morgan fingerprint density at radius 3 is 1.25 bits per heavy atom. The number of hydrogen-bond acceptors (Lipinski definition) is 12. The quantitative estimate of drug-likeness (QED) is 0.0336. The highest BCUT2D eigenvalue weighted by molar-refractivity contribution is 9.09. The Labute approximate surface area is 339 Å². The topological polar surface area (TPSA) is 59.1 Å². The average Bonchev–Trinajstić information content (AvgIpc) is 3.12. The van der Waals surface area contributed by atoms with Gasteiger partial charge in [-0.25, -0.2) is 0 Å². The van der Waals surface area contributed by atoms with Crippen molar-refractivity contribution in [3.63, 3.8) is 0 Å². The van der Waals surface area contributed by atoms with Crippen molar-refractivity contribution in [3.8, 4) is 0 Å². The van der Waals surface area contributed by atoms with Crippen molar-refractivity contribution in [2.45, 2.75) is 175 Å². The summed E-state index contributed by atoms with van der Waals surface area (Å²) in [5, 5.41) is 0. The van der Waals surface area contributed by atoms with Crippen LogP contribution in [0, 0.1) is 0 Å². The third-order valence-electron chi connectivity index (χ3n) is 8.71. The molecule has 0 aromatic heterocycles. The maximum Gasteiger partial charge on any atom is 0.307 e. The predicted molar refractivity (Wildman–Crippen MR) is 239 cm³/mol. The molecule has 0 rings (SSSR count). The molecule has 12 heteroatoms. The lowest BCUT2D eigenvalue weighted by Gasteiger charge is -2.24. The van der Waals surface area contributed by atoms with E-state index in [9.17, 15) is 9.59 Å². The van der Waals surface area contributed by atoms with Gasteiger partial charge in [-0.1, -0.05) is 161 Å². The molecule has 0 aromatic rings. The van der Waals surface area contributed by atoms with Crippen molar-refractivity contribution in [1.29, 1.82) is 0 Å². The summed E-state index contributed by atoms with van der Waals surface area (Å²) in [5.41, 5.74) is 0. The molecule has 304 valence electrons. The smallest absolute Gasteiger partial charge is 0.307 e. The van der Waals surface area contributed by atoms with Gasteiger partial charge >= 0.3 is 11.9 Å². The Morgan fingerprint density at radius 1 is 0.490 bits per heavy atom. The largest absolute Gasteiger partial charge is 0.461 e. The summed E-state index contributed by atoms with van der Waals surface area (Å²) in [5.74, 6) is 3.75. The van der Waals surface area contributed by atoms with Crippen LogP contribution in [-0.2, 0) is 19.1 Å². The first-order valence-electron chi connectivity index (χ1n) is 20.4. The highest BCUT2D eigenvalue weighted by Gasteiger charge is 2.18. The molecule has 0 radical (unpaired) electrons. The molecule has 0 aliphatic rings. The van der Waals surface area contributed by atoms with Crippen molar-refractivity contribution in [1.82, 2.24) is 9.80 Å². The van der Waals surface area contributed by atoms with Crippen LogP contribution in [0.2, 0.25) is 0 Å². The fourth-order valence-corrected chi connectivity index (χ4v) is 13.5. The minimum atomic E-state index is -0.139. The lowest BCUT2D eigenvalue weighted by atomic mass is 10.1. The second kappa shape index (κ2) is 40.6.